The van der Waals surface area contributed by atoms with E-state index in [-0.39, 0.29) is 29.9 Å². The van der Waals surface area contributed by atoms with Gasteiger partial charge in [0.2, 0.25) is 0 Å². The van der Waals surface area contributed by atoms with Crippen LogP contribution in [-0.2, 0) is 9.59 Å². The summed E-state index contributed by atoms with van der Waals surface area (Å²) in [6, 6.07) is 4.65. The Morgan fingerprint density at radius 1 is 0.889 bits per heavy atom. The van der Waals surface area contributed by atoms with Crippen LogP contribution in [-0.4, -0.2) is 30.3 Å². The van der Waals surface area contributed by atoms with Gasteiger partial charge in [-0.05, 0) is 59.7 Å². The molecular weight excluding hydrogens is 346 g/mol. The van der Waals surface area contributed by atoms with E-state index in [0.717, 1.165) is 0 Å². The lowest BCUT2D eigenvalue weighted by molar-refractivity contribution is -0.145. The summed E-state index contributed by atoms with van der Waals surface area (Å²) >= 11 is 0. The number of nitrogens with one attached hydrogen (secondary N) is 1. The zero-order valence-electron chi connectivity index (χ0n) is 17.6. The molecule has 0 spiro atoms. The van der Waals surface area contributed by atoms with Crippen molar-refractivity contribution in [2.24, 2.45) is 10.8 Å². The van der Waals surface area contributed by atoms with Crippen LogP contribution in [0.15, 0.2) is 18.2 Å². The predicted octanol–water partition coefficient (Wildman–Crippen LogP) is 3.77. The van der Waals surface area contributed by atoms with Crippen molar-refractivity contribution in [3.63, 3.8) is 0 Å². The Bertz CT molecular complexity index is 708. The standard InChI is InChI=1S/C21H31NO5/c1-13(2)22-12-15(23)14-9-10-16(26-18(24)20(3,4)5)17(11-14)27-19(25)21(6,7)8/h9-11,13,22H,12H2,1-8H3. The molecule has 0 aliphatic rings. The highest BCUT2D eigenvalue weighted by Gasteiger charge is 2.28. The number of Topliss-reactive ketones (excluding diaryl/α,β-unsaturated/α-hetero) is 1. The van der Waals surface area contributed by atoms with Gasteiger partial charge in [-0.1, -0.05) is 13.8 Å². The fourth-order valence-electron chi connectivity index (χ4n) is 1.75. The van der Waals surface area contributed by atoms with Crippen LogP contribution in [0.4, 0.5) is 0 Å². The zero-order chi connectivity index (χ0) is 21.0. The summed E-state index contributed by atoms with van der Waals surface area (Å²) in [7, 11) is 0. The summed E-state index contributed by atoms with van der Waals surface area (Å²) in [4.78, 5) is 36.9. The maximum atomic E-state index is 12.4. The van der Waals surface area contributed by atoms with Gasteiger partial charge in [0.15, 0.2) is 17.3 Å². The Morgan fingerprint density at radius 2 is 1.37 bits per heavy atom. The van der Waals surface area contributed by atoms with Crippen molar-refractivity contribution in [3.8, 4) is 11.5 Å². The maximum Gasteiger partial charge on any atom is 0.316 e. The van der Waals surface area contributed by atoms with Crippen LogP contribution in [0.1, 0.15) is 65.7 Å². The van der Waals surface area contributed by atoms with Gasteiger partial charge < -0.3 is 14.8 Å². The SMILES string of the molecule is CC(C)NCC(=O)c1ccc(OC(=O)C(C)(C)C)c(OC(=O)C(C)(C)C)c1. The van der Waals surface area contributed by atoms with Crippen molar-refractivity contribution in [2.45, 2.75) is 61.4 Å². The van der Waals surface area contributed by atoms with E-state index < -0.39 is 22.8 Å². The first-order valence-corrected chi connectivity index (χ1v) is 9.07. The molecule has 0 saturated heterocycles. The van der Waals surface area contributed by atoms with E-state index in [9.17, 15) is 14.4 Å². The van der Waals surface area contributed by atoms with Crippen molar-refractivity contribution < 1.29 is 23.9 Å². The van der Waals surface area contributed by atoms with E-state index in [0.29, 0.717) is 5.56 Å². The van der Waals surface area contributed by atoms with Gasteiger partial charge in [0.05, 0.1) is 17.4 Å². The summed E-state index contributed by atoms with van der Waals surface area (Å²) in [6.07, 6.45) is 0. The molecule has 27 heavy (non-hydrogen) atoms. The Balaban J connectivity index is 3.20. The summed E-state index contributed by atoms with van der Waals surface area (Å²) in [6.45, 7) is 14.4. The molecule has 1 N–H and O–H groups in total. The maximum absolute atomic E-state index is 12.4. The normalized spacial score (nSPS) is 12.0. The van der Waals surface area contributed by atoms with E-state index in [1.807, 2.05) is 13.8 Å². The minimum Gasteiger partial charge on any atom is -0.422 e. The van der Waals surface area contributed by atoms with Gasteiger partial charge in [-0.3, -0.25) is 14.4 Å². The monoisotopic (exact) mass is 377 g/mol. The summed E-state index contributed by atoms with van der Waals surface area (Å²) in [5.74, 6) is -0.925. The van der Waals surface area contributed by atoms with Gasteiger partial charge >= 0.3 is 11.9 Å². The van der Waals surface area contributed by atoms with Crippen LogP contribution < -0.4 is 14.8 Å². The summed E-state index contributed by atoms with van der Waals surface area (Å²) < 4.78 is 10.9. The van der Waals surface area contributed by atoms with Crippen molar-refractivity contribution in [2.75, 3.05) is 6.54 Å². The average molecular weight is 377 g/mol. The molecule has 0 aromatic heterocycles. The number of rotatable bonds is 6. The number of carbonyl (C=O) groups excluding carboxylic acids is 3. The number of carbonyl (C=O) groups is 3. The molecule has 0 unspecified atom stereocenters. The van der Waals surface area contributed by atoms with Crippen molar-refractivity contribution >= 4 is 17.7 Å². The Hall–Kier alpha value is -2.21. The number of esters is 2. The number of ketones is 1. The topological polar surface area (TPSA) is 81.7 Å². The highest BCUT2D eigenvalue weighted by atomic mass is 16.6. The van der Waals surface area contributed by atoms with Crippen LogP contribution in [0.25, 0.3) is 0 Å². The molecule has 6 heteroatoms. The molecule has 1 aromatic rings. The Labute approximate surface area is 161 Å². The minimum absolute atomic E-state index is 0.0583. The Kier molecular flexibility index (Phi) is 7.32. The van der Waals surface area contributed by atoms with E-state index in [4.69, 9.17) is 9.47 Å². The second kappa shape index (κ2) is 8.65. The lowest BCUT2D eigenvalue weighted by Crippen LogP contribution is -2.29. The second-order valence-electron chi connectivity index (χ2n) is 8.90. The molecule has 0 aliphatic carbocycles. The van der Waals surface area contributed by atoms with Gasteiger partial charge in [-0.2, -0.15) is 0 Å². The third-order valence-corrected chi connectivity index (χ3v) is 3.57. The fourth-order valence-corrected chi connectivity index (χ4v) is 1.75. The molecular formula is C21H31NO5. The minimum atomic E-state index is -0.746. The van der Waals surface area contributed by atoms with Gasteiger partial charge in [-0.15, -0.1) is 0 Å². The molecule has 1 rings (SSSR count). The Morgan fingerprint density at radius 3 is 1.81 bits per heavy atom. The molecule has 0 bridgehead atoms. The third kappa shape index (κ3) is 7.13. The molecule has 0 atom stereocenters. The number of benzene rings is 1. The van der Waals surface area contributed by atoms with Crippen LogP contribution in [0, 0.1) is 10.8 Å². The smallest absolute Gasteiger partial charge is 0.316 e. The van der Waals surface area contributed by atoms with Crippen LogP contribution >= 0.6 is 0 Å². The van der Waals surface area contributed by atoms with Gasteiger partial charge in [-0.25, -0.2) is 0 Å². The van der Waals surface area contributed by atoms with Crippen LogP contribution in [0.5, 0.6) is 11.5 Å². The van der Waals surface area contributed by atoms with Gasteiger partial charge in [0.25, 0.3) is 0 Å². The zero-order valence-corrected chi connectivity index (χ0v) is 17.6. The average Bonchev–Trinajstić information content (AvgIpc) is 2.52. The van der Waals surface area contributed by atoms with Crippen molar-refractivity contribution in [1.82, 2.24) is 5.32 Å². The first-order valence-electron chi connectivity index (χ1n) is 9.07. The van der Waals surface area contributed by atoms with Gasteiger partial charge in [0, 0.05) is 11.6 Å². The second-order valence-corrected chi connectivity index (χ2v) is 8.90. The highest BCUT2D eigenvalue weighted by Crippen LogP contribution is 2.32. The molecule has 150 valence electrons. The predicted molar refractivity (Wildman–Crippen MR) is 104 cm³/mol. The highest BCUT2D eigenvalue weighted by molar-refractivity contribution is 5.98. The van der Waals surface area contributed by atoms with E-state index in [1.54, 1.807) is 47.6 Å². The van der Waals surface area contributed by atoms with Gasteiger partial charge in [0.1, 0.15) is 0 Å². The van der Waals surface area contributed by atoms with E-state index >= 15 is 0 Å². The molecule has 1 aromatic carbocycles. The quantitative estimate of drug-likeness (QED) is 0.462. The molecule has 0 fully saturated rings. The third-order valence-electron chi connectivity index (χ3n) is 3.57. The largest absolute Gasteiger partial charge is 0.422 e. The van der Waals surface area contributed by atoms with Crippen molar-refractivity contribution in [3.05, 3.63) is 23.8 Å². The van der Waals surface area contributed by atoms with E-state index in [1.165, 1.54) is 12.1 Å². The van der Waals surface area contributed by atoms with Crippen LogP contribution in [0.2, 0.25) is 0 Å². The molecule has 6 nitrogen and oxygen atoms in total. The van der Waals surface area contributed by atoms with E-state index in [2.05, 4.69) is 5.32 Å². The van der Waals surface area contributed by atoms with Crippen LogP contribution in [0.3, 0.4) is 0 Å². The lowest BCUT2D eigenvalue weighted by atomic mass is 9.97. The lowest BCUT2D eigenvalue weighted by Gasteiger charge is -2.20. The first-order chi connectivity index (χ1) is 12.2. The number of hydrogen-bond donors (Lipinski definition) is 1. The summed E-state index contributed by atoms with van der Waals surface area (Å²) in [5, 5.41) is 3.05. The molecule has 0 heterocycles. The number of hydrogen-bond acceptors (Lipinski definition) is 6. The molecule has 0 radical (unpaired) electrons. The van der Waals surface area contributed by atoms with Crippen molar-refractivity contribution in [1.29, 1.82) is 0 Å². The summed E-state index contributed by atoms with van der Waals surface area (Å²) in [5.41, 5.74) is -1.10. The molecule has 0 amide bonds. The first kappa shape index (κ1) is 22.8. The molecule has 0 aliphatic heterocycles. The molecule has 0 saturated carbocycles. The fraction of sp³-hybridized carbons (Fsp3) is 0.571. The number of ether oxygens (including phenoxy) is 2.